The van der Waals surface area contributed by atoms with E-state index in [-0.39, 0.29) is 29.6 Å². The van der Waals surface area contributed by atoms with E-state index in [1.807, 2.05) is 20.8 Å². The van der Waals surface area contributed by atoms with Gasteiger partial charge in [-0.3, -0.25) is 19.2 Å². The quantitative estimate of drug-likeness (QED) is 0.245. The standard InChI is InChI=1S/C25H40N4O4/c1-8-10-12-16(19(30)22(32)27-13-11-9-2)28-21(31)18-17-15(25(17,6)7)14-29(18)23(33)20(26)24(3,4)5/h8-9,15-18,20H,1-2,10-14,26H2,3-7H3,(H,27,32)(H,28,31)/t15-,16-,17-,18-,20+/m0/s1. The van der Waals surface area contributed by atoms with Crippen molar-refractivity contribution in [3.8, 4) is 0 Å². The number of hydrogen-bond donors (Lipinski definition) is 3. The normalized spacial score (nSPS) is 24.8. The van der Waals surface area contributed by atoms with Gasteiger partial charge < -0.3 is 21.3 Å². The average Bonchev–Trinajstić information content (AvgIpc) is 3.08. The summed E-state index contributed by atoms with van der Waals surface area (Å²) in [5, 5.41) is 5.32. The van der Waals surface area contributed by atoms with Crippen LogP contribution in [0.15, 0.2) is 25.3 Å². The van der Waals surface area contributed by atoms with E-state index in [9.17, 15) is 19.2 Å². The fourth-order valence-electron chi connectivity index (χ4n) is 4.71. The van der Waals surface area contributed by atoms with Crippen LogP contribution in [0.3, 0.4) is 0 Å². The summed E-state index contributed by atoms with van der Waals surface area (Å²) >= 11 is 0. The highest BCUT2D eigenvalue weighted by atomic mass is 16.2. The molecule has 184 valence electrons. The van der Waals surface area contributed by atoms with Gasteiger partial charge in [-0.2, -0.15) is 0 Å². The van der Waals surface area contributed by atoms with Crippen molar-refractivity contribution in [1.82, 2.24) is 15.5 Å². The Morgan fingerprint density at radius 3 is 2.30 bits per heavy atom. The first-order valence-electron chi connectivity index (χ1n) is 11.7. The lowest BCUT2D eigenvalue weighted by Gasteiger charge is -2.36. The van der Waals surface area contributed by atoms with E-state index < -0.39 is 41.1 Å². The lowest BCUT2D eigenvalue weighted by Crippen LogP contribution is -2.59. The van der Waals surface area contributed by atoms with Crippen molar-refractivity contribution in [3.63, 3.8) is 0 Å². The predicted molar refractivity (Wildman–Crippen MR) is 128 cm³/mol. The summed E-state index contributed by atoms with van der Waals surface area (Å²) in [4.78, 5) is 53.3. The smallest absolute Gasteiger partial charge is 0.289 e. The second-order valence-corrected chi connectivity index (χ2v) is 10.9. The van der Waals surface area contributed by atoms with Crippen LogP contribution in [-0.4, -0.2) is 59.6 Å². The number of nitrogens with one attached hydrogen (secondary N) is 2. The Bertz CT molecular complexity index is 814. The maximum atomic E-state index is 13.4. The summed E-state index contributed by atoms with van der Waals surface area (Å²) in [6, 6.07) is -2.45. The van der Waals surface area contributed by atoms with Crippen molar-refractivity contribution in [2.75, 3.05) is 13.1 Å². The molecule has 1 saturated heterocycles. The molecule has 0 spiro atoms. The minimum Gasteiger partial charge on any atom is -0.349 e. The van der Waals surface area contributed by atoms with E-state index >= 15 is 0 Å². The zero-order valence-electron chi connectivity index (χ0n) is 20.6. The van der Waals surface area contributed by atoms with Gasteiger partial charge in [0.05, 0.1) is 12.1 Å². The topological polar surface area (TPSA) is 122 Å². The Morgan fingerprint density at radius 1 is 1.15 bits per heavy atom. The first kappa shape index (κ1) is 26.8. The molecular weight excluding hydrogens is 420 g/mol. The number of nitrogens with two attached hydrogens (primary N) is 1. The minimum absolute atomic E-state index is 0.00908. The number of piperidine rings is 1. The van der Waals surface area contributed by atoms with Crippen LogP contribution in [0, 0.1) is 22.7 Å². The molecule has 2 rings (SSSR count). The highest BCUT2D eigenvalue weighted by molar-refractivity contribution is 6.38. The molecule has 0 aromatic rings. The second-order valence-electron chi connectivity index (χ2n) is 10.9. The molecular formula is C25H40N4O4. The molecule has 1 heterocycles. The van der Waals surface area contributed by atoms with Gasteiger partial charge in [0.1, 0.15) is 6.04 Å². The molecule has 33 heavy (non-hydrogen) atoms. The van der Waals surface area contributed by atoms with Crippen LogP contribution >= 0.6 is 0 Å². The Morgan fingerprint density at radius 2 is 1.76 bits per heavy atom. The van der Waals surface area contributed by atoms with Crippen molar-refractivity contribution in [1.29, 1.82) is 0 Å². The van der Waals surface area contributed by atoms with Gasteiger partial charge >= 0.3 is 0 Å². The number of Topliss-reactive ketones (excluding diaryl/α,β-unsaturated/α-hetero) is 1. The summed E-state index contributed by atoms with van der Waals surface area (Å²) in [7, 11) is 0. The van der Waals surface area contributed by atoms with Crippen LogP contribution in [0.2, 0.25) is 0 Å². The van der Waals surface area contributed by atoms with E-state index in [0.717, 1.165) is 0 Å². The van der Waals surface area contributed by atoms with Crippen molar-refractivity contribution in [2.45, 2.75) is 72.0 Å². The Kier molecular flexibility index (Phi) is 8.27. The van der Waals surface area contributed by atoms with E-state index in [2.05, 4.69) is 37.6 Å². The van der Waals surface area contributed by atoms with Gasteiger partial charge in [-0.15, -0.1) is 13.2 Å². The van der Waals surface area contributed by atoms with Gasteiger partial charge in [0, 0.05) is 13.1 Å². The average molecular weight is 461 g/mol. The van der Waals surface area contributed by atoms with Gasteiger partial charge in [-0.25, -0.2) is 0 Å². The maximum absolute atomic E-state index is 13.4. The number of rotatable bonds is 11. The third kappa shape index (κ3) is 5.72. The van der Waals surface area contributed by atoms with E-state index in [4.69, 9.17) is 5.73 Å². The summed E-state index contributed by atoms with van der Waals surface area (Å²) in [5.74, 6) is -1.93. The van der Waals surface area contributed by atoms with Crippen molar-refractivity contribution in [3.05, 3.63) is 25.3 Å². The summed E-state index contributed by atoms with van der Waals surface area (Å²) < 4.78 is 0. The number of ketones is 1. The zero-order chi connectivity index (χ0) is 25.1. The van der Waals surface area contributed by atoms with Crippen LogP contribution in [-0.2, 0) is 19.2 Å². The van der Waals surface area contributed by atoms with Crippen LogP contribution < -0.4 is 16.4 Å². The first-order valence-corrected chi connectivity index (χ1v) is 11.7. The van der Waals surface area contributed by atoms with Crippen molar-refractivity contribution in [2.24, 2.45) is 28.4 Å². The fraction of sp³-hybridized carbons (Fsp3) is 0.680. The molecule has 3 amide bonds. The minimum atomic E-state index is -0.992. The molecule has 5 atom stereocenters. The molecule has 0 radical (unpaired) electrons. The maximum Gasteiger partial charge on any atom is 0.289 e. The lowest BCUT2D eigenvalue weighted by molar-refractivity contribution is -0.144. The molecule has 2 fully saturated rings. The Balaban J connectivity index is 2.21. The number of nitrogens with zero attached hydrogens (tertiary/aromatic N) is 1. The zero-order valence-corrected chi connectivity index (χ0v) is 20.6. The number of fused-ring (bicyclic) bond motifs is 1. The van der Waals surface area contributed by atoms with Crippen molar-refractivity contribution >= 4 is 23.5 Å². The number of likely N-dealkylation sites (tertiary alicyclic amines) is 1. The van der Waals surface area contributed by atoms with Crippen LogP contribution in [0.25, 0.3) is 0 Å². The molecule has 8 heteroatoms. The van der Waals surface area contributed by atoms with Gasteiger partial charge in [0.2, 0.25) is 17.6 Å². The van der Waals surface area contributed by atoms with Crippen LogP contribution in [0.1, 0.15) is 53.9 Å². The predicted octanol–water partition coefficient (Wildman–Crippen LogP) is 1.56. The van der Waals surface area contributed by atoms with Crippen LogP contribution in [0.4, 0.5) is 0 Å². The molecule has 0 aromatic carbocycles. The third-order valence-electron chi connectivity index (χ3n) is 7.11. The van der Waals surface area contributed by atoms with E-state index in [1.165, 1.54) is 0 Å². The Hall–Kier alpha value is -2.48. The van der Waals surface area contributed by atoms with E-state index in [1.54, 1.807) is 17.1 Å². The number of amides is 3. The first-order chi connectivity index (χ1) is 15.3. The number of allylic oxidation sites excluding steroid dienone is 1. The molecule has 2 aliphatic rings. The molecule has 1 aliphatic carbocycles. The van der Waals surface area contributed by atoms with Crippen molar-refractivity contribution < 1.29 is 19.2 Å². The third-order valence-corrected chi connectivity index (χ3v) is 7.11. The highest BCUT2D eigenvalue weighted by Crippen LogP contribution is 2.65. The molecule has 4 N–H and O–H groups in total. The Labute approximate surface area is 197 Å². The lowest BCUT2D eigenvalue weighted by atomic mass is 9.86. The molecule has 0 aromatic heterocycles. The second kappa shape index (κ2) is 10.2. The van der Waals surface area contributed by atoms with Gasteiger partial charge in [-0.05, 0) is 41.9 Å². The highest BCUT2D eigenvalue weighted by Gasteiger charge is 2.69. The number of carbonyl (C=O) groups excluding carboxylic acids is 4. The molecule has 1 aliphatic heterocycles. The molecule has 0 bridgehead atoms. The largest absolute Gasteiger partial charge is 0.349 e. The molecule has 1 saturated carbocycles. The van der Waals surface area contributed by atoms with E-state index in [0.29, 0.717) is 25.9 Å². The summed E-state index contributed by atoms with van der Waals surface area (Å²) in [6.07, 6.45) is 4.52. The number of carbonyl (C=O) groups is 4. The monoisotopic (exact) mass is 460 g/mol. The van der Waals surface area contributed by atoms with Crippen LogP contribution in [0.5, 0.6) is 0 Å². The van der Waals surface area contributed by atoms with Gasteiger partial charge in [0.25, 0.3) is 5.91 Å². The molecule has 0 unspecified atom stereocenters. The number of hydrogen-bond acceptors (Lipinski definition) is 5. The SMILES string of the molecule is C=CCCNC(=O)C(=O)[C@H](CCC=C)NC(=O)[C@@H]1[C@@H]2[C@H](CN1C(=O)[C@@H](N)C(C)(C)C)C2(C)C. The fourth-order valence-corrected chi connectivity index (χ4v) is 4.71. The van der Waals surface area contributed by atoms with Gasteiger partial charge in [-0.1, -0.05) is 46.8 Å². The summed E-state index contributed by atoms with van der Waals surface area (Å²) in [6.45, 7) is 17.9. The summed E-state index contributed by atoms with van der Waals surface area (Å²) in [5.41, 5.74) is 5.70. The molecule has 8 nitrogen and oxygen atoms in total. The van der Waals surface area contributed by atoms with Gasteiger partial charge in [0.15, 0.2) is 0 Å².